The van der Waals surface area contributed by atoms with Gasteiger partial charge in [0.05, 0.1) is 19.3 Å². The molecule has 29 heavy (non-hydrogen) atoms. The molecule has 158 valence electrons. The first-order chi connectivity index (χ1) is 13.8. The van der Waals surface area contributed by atoms with Crippen molar-refractivity contribution in [2.75, 3.05) is 0 Å². The minimum atomic E-state index is -0.465. The van der Waals surface area contributed by atoms with Crippen LogP contribution in [0.25, 0.3) is 6.08 Å². The summed E-state index contributed by atoms with van der Waals surface area (Å²) in [5.74, 6) is 0. The van der Waals surface area contributed by atoms with E-state index in [2.05, 4.69) is 25.1 Å². The highest BCUT2D eigenvalue weighted by Crippen LogP contribution is 2.23. The average molecular weight is 397 g/mol. The summed E-state index contributed by atoms with van der Waals surface area (Å²) in [6, 6.07) is 12.5. The molecule has 1 atom stereocenters. The third-order valence-corrected chi connectivity index (χ3v) is 5.48. The van der Waals surface area contributed by atoms with Gasteiger partial charge in [0.25, 0.3) is 0 Å². The molecule has 3 N–H and O–H groups in total. The lowest BCUT2D eigenvalue weighted by Crippen LogP contribution is -2.23. The van der Waals surface area contributed by atoms with Gasteiger partial charge < -0.3 is 15.3 Å². The maximum atomic E-state index is 10.2. The standard InChI is InChI=1S/C26H36O3/c1-5-21-15-19(9-11-22(21)13-14-25(29)26(2,3)4)7-6-8-20-10-12-23(17-27)24(16-20)18-28/h9-16,25,27-29H,5-8,17-18H2,1-4H3/b14-13+. The lowest BCUT2D eigenvalue weighted by Gasteiger charge is -2.22. The summed E-state index contributed by atoms with van der Waals surface area (Å²) in [5, 5.41) is 29.0. The Labute approximate surface area is 175 Å². The summed E-state index contributed by atoms with van der Waals surface area (Å²) >= 11 is 0. The molecule has 0 spiro atoms. The fourth-order valence-electron chi connectivity index (χ4n) is 3.40. The molecule has 2 aromatic carbocycles. The monoisotopic (exact) mass is 396 g/mol. The topological polar surface area (TPSA) is 60.7 Å². The Kier molecular flexibility index (Phi) is 8.63. The molecule has 0 aliphatic rings. The fraction of sp³-hybridized carbons (Fsp3) is 0.462. The highest BCUT2D eigenvalue weighted by atomic mass is 16.3. The van der Waals surface area contributed by atoms with Gasteiger partial charge in [0, 0.05) is 0 Å². The second-order valence-electron chi connectivity index (χ2n) is 8.83. The molecule has 0 aliphatic heterocycles. The van der Waals surface area contributed by atoms with E-state index in [9.17, 15) is 15.3 Å². The minimum Gasteiger partial charge on any atom is -0.392 e. The van der Waals surface area contributed by atoms with E-state index in [0.717, 1.165) is 36.8 Å². The van der Waals surface area contributed by atoms with Crippen molar-refractivity contribution in [2.24, 2.45) is 5.41 Å². The smallest absolute Gasteiger partial charge is 0.0772 e. The number of aliphatic hydroxyl groups excluding tert-OH is 3. The molecule has 1 unspecified atom stereocenters. The fourth-order valence-corrected chi connectivity index (χ4v) is 3.40. The summed E-state index contributed by atoms with van der Waals surface area (Å²) < 4.78 is 0. The molecule has 0 aromatic heterocycles. The van der Waals surface area contributed by atoms with E-state index in [1.165, 1.54) is 22.3 Å². The summed E-state index contributed by atoms with van der Waals surface area (Å²) in [6.07, 6.45) is 7.40. The molecular formula is C26H36O3. The van der Waals surface area contributed by atoms with Gasteiger partial charge in [-0.15, -0.1) is 0 Å². The Morgan fingerprint density at radius 3 is 2.00 bits per heavy atom. The molecule has 0 saturated heterocycles. The van der Waals surface area contributed by atoms with Gasteiger partial charge in [-0.3, -0.25) is 0 Å². The summed E-state index contributed by atoms with van der Waals surface area (Å²) in [5.41, 5.74) is 6.44. The maximum absolute atomic E-state index is 10.2. The van der Waals surface area contributed by atoms with Gasteiger partial charge in [-0.1, -0.05) is 76.2 Å². The van der Waals surface area contributed by atoms with Gasteiger partial charge in [0.1, 0.15) is 0 Å². The van der Waals surface area contributed by atoms with Gasteiger partial charge >= 0.3 is 0 Å². The van der Waals surface area contributed by atoms with E-state index in [-0.39, 0.29) is 18.6 Å². The van der Waals surface area contributed by atoms with Crippen LogP contribution in [0.4, 0.5) is 0 Å². The first-order valence-electron chi connectivity index (χ1n) is 10.6. The maximum Gasteiger partial charge on any atom is 0.0772 e. The van der Waals surface area contributed by atoms with Crippen LogP contribution in [0.3, 0.4) is 0 Å². The predicted octanol–water partition coefficient (Wildman–Crippen LogP) is 4.83. The Morgan fingerprint density at radius 1 is 0.862 bits per heavy atom. The van der Waals surface area contributed by atoms with Crippen molar-refractivity contribution in [3.63, 3.8) is 0 Å². The van der Waals surface area contributed by atoms with Crippen molar-refractivity contribution in [2.45, 2.75) is 72.7 Å². The molecule has 2 rings (SSSR count). The van der Waals surface area contributed by atoms with Crippen LogP contribution in [0.5, 0.6) is 0 Å². The average Bonchev–Trinajstić information content (AvgIpc) is 2.71. The van der Waals surface area contributed by atoms with Gasteiger partial charge in [-0.05, 0) is 64.5 Å². The second-order valence-corrected chi connectivity index (χ2v) is 8.83. The van der Waals surface area contributed by atoms with E-state index in [4.69, 9.17) is 0 Å². The molecule has 0 saturated carbocycles. The highest BCUT2D eigenvalue weighted by Gasteiger charge is 2.19. The zero-order valence-corrected chi connectivity index (χ0v) is 18.3. The summed E-state index contributed by atoms with van der Waals surface area (Å²) in [4.78, 5) is 0. The Bertz CT molecular complexity index is 815. The normalized spacial score (nSPS) is 13.2. The van der Waals surface area contributed by atoms with Crippen molar-refractivity contribution in [1.29, 1.82) is 0 Å². The van der Waals surface area contributed by atoms with Crippen molar-refractivity contribution in [3.05, 3.63) is 75.9 Å². The van der Waals surface area contributed by atoms with Crippen LogP contribution in [0.1, 0.15) is 67.5 Å². The number of rotatable bonds is 9. The van der Waals surface area contributed by atoms with Crippen LogP contribution in [-0.4, -0.2) is 21.4 Å². The van der Waals surface area contributed by atoms with E-state index in [1.54, 1.807) is 0 Å². The van der Waals surface area contributed by atoms with Gasteiger partial charge in [0.15, 0.2) is 0 Å². The Hall–Kier alpha value is -1.94. The predicted molar refractivity (Wildman–Crippen MR) is 121 cm³/mol. The molecule has 2 aromatic rings. The SMILES string of the molecule is CCc1cc(CCCc2ccc(CO)c(CO)c2)ccc1/C=C/C(O)C(C)(C)C. The van der Waals surface area contributed by atoms with E-state index in [1.807, 2.05) is 51.1 Å². The van der Waals surface area contributed by atoms with Crippen molar-refractivity contribution in [3.8, 4) is 0 Å². The number of benzene rings is 2. The highest BCUT2D eigenvalue weighted by molar-refractivity contribution is 5.55. The van der Waals surface area contributed by atoms with Gasteiger partial charge in [0.2, 0.25) is 0 Å². The zero-order chi connectivity index (χ0) is 21.4. The van der Waals surface area contributed by atoms with E-state index < -0.39 is 6.10 Å². The van der Waals surface area contributed by atoms with Crippen LogP contribution in [0, 0.1) is 5.41 Å². The molecule has 0 amide bonds. The quantitative estimate of drug-likeness (QED) is 0.569. The second kappa shape index (κ2) is 10.7. The molecule has 3 heteroatoms. The third kappa shape index (κ3) is 6.81. The van der Waals surface area contributed by atoms with Crippen LogP contribution >= 0.6 is 0 Å². The van der Waals surface area contributed by atoms with Crippen LogP contribution in [0.2, 0.25) is 0 Å². The van der Waals surface area contributed by atoms with Gasteiger partial charge in [-0.2, -0.15) is 0 Å². The molecule has 0 aliphatic carbocycles. The Balaban J connectivity index is 2.01. The lowest BCUT2D eigenvalue weighted by molar-refractivity contribution is 0.106. The molecular weight excluding hydrogens is 360 g/mol. The largest absolute Gasteiger partial charge is 0.392 e. The molecule has 0 radical (unpaired) electrons. The minimum absolute atomic E-state index is 0.0382. The van der Waals surface area contributed by atoms with Crippen LogP contribution < -0.4 is 0 Å². The number of aliphatic hydroxyl groups is 3. The summed E-state index contributed by atoms with van der Waals surface area (Å²) in [7, 11) is 0. The molecule has 0 bridgehead atoms. The third-order valence-electron chi connectivity index (χ3n) is 5.48. The van der Waals surface area contributed by atoms with E-state index >= 15 is 0 Å². The zero-order valence-electron chi connectivity index (χ0n) is 18.3. The first kappa shape index (κ1) is 23.3. The van der Waals surface area contributed by atoms with Gasteiger partial charge in [-0.25, -0.2) is 0 Å². The van der Waals surface area contributed by atoms with E-state index in [0.29, 0.717) is 0 Å². The molecule has 0 fully saturated rings. The van der Waals surface area contributed by atoms with Crippen LogP contribution in [0.15, 0.2) is 42.5 Å². The number of hydrogen-bond acceptors (Lipinski definition) is 3. The first-order valence-corrected chi connectivity index (χ1v) is 10.6. The van der Waals surface area contributed by atoms with Crippen LogP contribution in [-0.2, 0) is 32.5 Å². The van der Waals surface area contributed by atoms with Crippen molar-refractivity contribution < 1.29 is 15.3 Å². The van der Waals surface area contributed by atoms with Crippen molar-refractivity contribution >= 4 is 6.08 Å². The summed E-state index contributed by atoms with van der Waals surface area (Å²) in [6.45, 7) is 8.19. The molecule has 0 heterocycles. The number of hydrogen-bond donors (Lipinski definition) is 3. The van der Waals surface area contributed by atoms with Crippen molar-refractivity contribution in [1.82, 2.24) is 0 Å². The lowest BCUT2D eigenvalue weighted by atomic mass is 9.88. The molecule has 3 nitrogen and oxygen atoms in total. The Morgan fingerprint density at radius 2 is 1.45 bits per heavy atom. The number of aryl methyl sites for hydroxylation is 3.